The molecule has 0 N–H and O–H groups in total. The molecule has 0 aliphatic heterocycles. The lowest BCUT2D eigenvalue weighted by atomic mass is 9.84. The fourth-order valence-electron chi connectivity index (χ4n) is 5.54. The van der Waals surface area contributed by atoms with Crippen molar-refractivity contribution in [3.63, 3.8) is 0 Å². The number of aromatic nitrogens is 1. The third kappa shape index (κ3) is 3.29. The summed E-state index contributed by atoms with van der Waals surface area (Å²) in [5.41, 5.74) is 7.15. The number of hydrogen-bond donors (Lipinski definition) is 0. The molecular formula is C35H23N. The fraction of sp³-hybridized carbons (Fsp3) is 0. The van der Waals surface area contributed by atoms with Crippen LogP contribution in [0, 0.1) is 0 Å². The van der Waals surface area contributed by atoms with Crippen LogP contribution in [0.25, 0.3) is 65.8 Å². The summed E-state index contributed by atoms with van der Waals surface area (Å²) in [7, 11) is 0. The summed E-state index contributed by atoms with van der Waals surface area (Å²) >= 11 is 0. The van der Waals surface area contributed by atoms with Gasteiger partial charge in [0.1, 0.15) is 0 Å². The van der Waals surface area contributed by atoms with Crippen LogP contribution in [0.3, 0.4) is 0 Å². The van der Waals surface area contributed by atoms with Gasteiger partial charge in [-0.15, -0.1) is 0 Å². The van der Waals surface area contributed by atoms with Crippen LogP contribution in [0.4, 0.5) is 0 Å². The van der Waals surface area contributed by atoms with Crippen LogP contribution in [-0.2, 0) is 0 Å². The number of fused-ring (bicyclic) bond motifs is 3. The molecule has 1 nitrogen and oxygen atoms in total. The first-order chi connectivity index (χ1) is 17.9. The summed E-state index contributed by atoms with van der Waals surface area (Å²) in [4.78, 5) is 4.59. The van der Waals surface area contributed by atoms with Crippen LogP contribution in [0.2, 0.25) is 0 Å². The quantitative estimate of drug-likeness (QED) is 0.241. The summed E-state index contributed by atoms with van der Waals surface area (Å²) in [5.74, 6) is 0. The Morgan fingerprint density at radius 1 is 0.389 bits per heavy atom. The standard InChI is InChI=1S/C35H23N/c1-2-15-27-24(11-1)12-10-20-28(27)35-31-18-5-3-16-29(31)34(30-17-4-6-19-32(30)35)26-14-9-13-25(23-26)33-21-7-8-22-36-33/h1-23H. The SMILES string of the molecule is c1ccc(-c2cccc(-c3c4ccccc4c(-c4cccc5ccccc45)c4ccccc34)c2)nc1. The van der Waals surface area contributed by atoms with Gasteiger partial charge >= 0.3 is 0 Å². The van der Waals surface area contributed by atoms with E-state index in [0.717, 1.165) is 11.3 Å². The molecule has 0 fully saturated rings. The van der Waals surface area contributed by atoms with E-state index in [1.165, 1.54) is 54.6 Å². The van der Waals surface area contributed by atoms with Crippen molar-refractivity contribution >= 4 is 32.3 Å². The maximum atomic E-state index is 4.59. The summed E-state index contributed by atoms with van der Waals surface area (Å²) in [6.07, 6.45) is 1.85. The van der Waals surface area contributed by atoms with Crippen molar-refractivity contribution in [2.24, 2.45) is 0 Å². The van der Waals surface area contributed by atoms with E-state index in [2.05, 4.69) is 126 Å². The molecule has 0 aliphatic rings. The molecule has 6 aromatic carbocycles. The Bertz CT molecular complexity index is 1820. The second-order valence-electron chi connectivity index (χ2n) is 9.16. The predicted molar refractivity (Wildman–Crippen MR) is 153 cm³/mol. The molecule has 0 amide bonds. The van der Waals surface area contributed by atoms with E-state index in [0.29, 0.717) is 0 Å². The van der Waals surface area contributed by atoms with Gasteiger partial charge in [-0.05, 0) is 72.8 Å². The number of benzene rings is 6. The summed E-state index contributed by atoms with van der Waals surface area (Å²) in [5, 5.41) is 7.60. The van der Waals surface area contributed by atoms with E-state index in [4.69, 9.17) is 0 Å². The van der Waals surface area contributed by atoms with E-state index in [1.807, 2.05) is 18.3 Å². The highest BCUT2D eigenvalue weighted by atomic mass is 14.7. The zero-order chi connectivity index (χ0) is 23.9. The van der Waals surface area contributed by atoms with Gasteiger partial charge in [0, 0.05) is 11.8 Å². The van der Waals surface area contributed by atoms with Crippen molar-refractivity contribution in [1.82, 2.24) is 4.98 Å². The van der Waals surface area contributed by atoms with Gasteiger partial charge in [0.2, 0.25) is 0 Å². The van der Waals surface area contributed by atoms with E-state index < -0.39 is 0 Å². The Kier molecular flexibility index (Phi) is 4.85. The van der Waals surface area contributed by atoms with Crippen molar-refractivity contribution in [3.05, 3.63) is 140 Å². The lowest BCUT2D eigenvalue weighted by Gasteiger charge is -2.19. The van der Waals surface area contributed by atoms with Crippen LogP contribution < -0.4 is 0 Å². The van der Waals surface area contributed by atoms with Crippen molar-refractivity contribution in [2.75, 3.05) is 0 Å². The second kappa shape index (κ2) is 8.48. The molecule has 7 aromatic rings. The first-order valence-corrected chi connectivity index (χ1v) is 12.3. The molecular weight excluding hydrogens is 434 g/mol. The first kappa shape index (κ1) is 20.6. The average Bonchev–Trinajstić information content (AvgIpc) is 2.96. The highest BCUT2D eigenvalue weighted by molar-refractivity contribution is 6.23. The van der Waals surface area contributed by atoms with E-state index in [-0.39, 0.29) is 0 Å². The molecule has 0 bridgehead atoms. The number of nitrogens with zero attached hydrogens (tertiary/aromatic N) is 1. The Morgan fingerprint density at radius 3 is 1.64 bits per heavy atom. The van der Waals surface area contributed by atoms with Crippen LogP contribution in [0.1, 0.15) is 0 Å². The van der Waals surface area contributed by atoms with Crippen molar-refractivity contribution in [2.45, 2.75) is 0 Å². The van der Waals surface area contributed by atoms with Crippen molar-refractivity contribution in [3.8, 4) is 33.5 Å². The summed E-state index contributed by atoms with van der Waals surface area (Å²) in [6, 6.07) is 47.8. The van der Waals surface area contributed by atoms with Gasteiger partial charge in [0.05, 0.1) is 5.69 Å². The zero-order valence-electron chi connectivity index (χ0n) is 19.7. The van der Waals surface area contributed by atoms with Gasteiger partial charge in [0.25, 0.3) is 0 Å². The molecule has 0 radical (unpaired) electrons. The van der Waals surface area contributed by atoms with Crippen LogP contribution in [0.15, 0.2) is 140 Å². The van der Waals surface area contributed by atoms with Crippen LogP contribution >= 0.6 is 0 Å². The molecule has 1 heterocycles. The average molecular weight is 458 g/mol. The maximum absolute atomic E-state index is 4.59. The molecule has 36 heavy (non-hydrogen) atoms. The smallest absolute Gasteiger partial charge is 0.0702 e. The van der Waals surface area contributed by atoms with E-state index >= 15 is 0 Å². The molecule has 0 atom stereocenters. The van der Waals surface area contributed by atoms with Crippen molar-refractivity contribution < 1.29 is 0 Å². The van der Waals surface area contributed by atoms with Gasteiger partial charge in [-0.2, -0.15) is 0 Å². The summed E-state index contributed by atoms with van der Waals surface area (Å²) in [6.45, 7) is 0. The van der Waals surface area contributed by atoms with Crippen LogP contribution in [-0.4, -0.2) is 4.98 Å². The highest BCUT2D eigenvalue weighted by Gasteiger charge is 2.18. The number of pyridine rings is 1. The molecule has 1 aromatic heterocycles. The Morgan fingerprint density at radius 2 is 0.944 bits per heavy atom. The minimum atomic E-state index is 0.986. The molecule has 0 saturated heterocycles. The lowest BCUT2D eigenvalue weighted by molar-refractivity contribution is 1.33. The minimum absolute atomic E-state index is 0.986. The topological polar surface area (TPSA) is 12.9 Å². The molecule has 1 heteroatoms. The number of hydrogen-bond acceptors (Lipinski definition) is 1. The first-order valence-electron chi connectivity index (χ1n) is 12.3. The largest absolute Gasteiger partial charge is 0.256 e. The molecule has 0 saturated carbocycles. The maximum Gasteiger partial charge on any atom is 0.0702 e. The second-order valence-corrected chi connectivity index (χ2v) is 9.16. The molecule has 0 unspecified atom stereocenters. The molecule has 7 rings (SSSR count). The lowest BCUT2D eigenvalue weighted by Crippen LogP contribution is -1.92. The van der Waals surface area contributed by atoms with Gasteiger partial charge in [0.15, 0.2) is 0 Å². The van der Waals surface area contributed by atoms with Gasteiger partial charge in [-0.3, -0.25) is 4.98 Å². The highest BCUT2D eigenvalue weighted by Crippen LogP contribution is 2.45. The predicted octanol–water partition coefficient (Wildman–Crippen LogP) is 9.54. The van der Waals surface area contributed by atoms with Gasteiger partial charge in [-0.25, -0.2) is 0 Å². The van der Waals surface area contributed by atoms with E-state index in [1.54, 1.807) is 0 Å². The Balaban J connectivity index is 1.59. The van der Waals surface area contributed by atoms with Crippen LogP contribution in [0.5, 0.6) is 0 Å². The normalized spacial score (nSPS) is 11.3. The van der Waals surface area contributed by atoms with Gasteiger partial charge < -0.3 is 0 Å². The molecule has 0 aliphatic carbocycles. The zero-order valence-corrected chi connectivity index (χ0v) is 19.7. The number of rotatable bonds is 3. The van der Waals surface area contributed by atoms with Crippen molar-refractivity contribution in [1.29, 1.82) is 0 Å². The molecule has 0 spiro atoms. The monoisotopic (exact) mass is 457 g/mol. The Hall–Kier alpha value is -4.75. The fourth-order valence-corrected chi connectivity index (χ4v) is 5.54. The third-order valence-corrected chi connectivity index (χ3v) is 7.10. The third-order valence-electron chi connectivity index (χ3n) is 7.10. The minimum Gasteiger partial charge on any atom is -0.256 e. The molecule has 168 valence electrons. The Labute approximate surface area is 210 Å². The van der Waals surface area contributed by atoms with E-state index in [9.17, 15) is 0 Å². The summed E-state index contributed by atoms with van der Waals surface area (Å²) < 4.78 is 0. The van der Waals surface area contributed by atoms with Gasteiger partial charge in [-0.1, -0.05) is 115 Å².